The number of carbonyl (C=O) groups excluding carboxylic acids is 1. The van der Waals surface area contributed by atoms with Crippen LogP contribution in [0.1, 0.15) is 22.8 Å². The molecule has 4 nitrogen and oxygen atoms in total. The van der Waals surface area contributed by atoms with E-state index in [1.807, 2.05) is 0 Å². The van der Waals surface area contributed by atoms with Crippen molar-refractivity contribution in [3.63, 3.8) is 0 Å². The van der Waals surface area contributed by atoms with Crippen LogP contribution in [-0.2, 0) is 6.42 Å². The maximum absolute atomic E-state index is 11.9. The fourth-order valence-corrected chi connectivity index (χ4v) is 2.24. The molecule has 22 heavy (non-hydrogen) atoms. The Bertz CT molecular complexity index is 717. The Kier molecular flexibility index (Phi) is 4.63. The van der Waals surface area contributed by atoms with E-state index in [0.29, 0.717) is 17.5 Å². The van der Waals surface area contributed by atoms with Crippen LogP contribution in [0.5, 0.6) is 11.5 Å². The fraction of sp³-hybridized carbons (Fsp3) is 0.167. The molecule has 0 fully saturated rings. The number of Topliss-reactive ketones (excluding diaryl/α,β-unsaturated/α-hetero) is 1. The molecule has 0 heterocycles. The molecule has 4 heteroatoms. The third-order valence-corrected chi connectivity index (χ3v) is 3.39. The standard InChI is InChI=1S/C18H18O4/c1-3-4-12-5-7-16(20)14(9-12)15-10-13(6-8-17(15)21)18(22)11(2)19/h3,5-11,19-21H,1,4H2,2H3/t11-/m1/s1. The van der Waals surface area contributed by atoms with Crippen molar-refractivity contribution < 1.29 is 20.1 Å². The van der Waals surface area contributed by atoms with Gasteiger partial charge in [-0.3, -0.25) is 4.79 Å². The van der Waals surface area contributed by atoms with E-state index in [4.69, 9.17) is 0 Å². The lowest BCUT2D eigenvalue weighted by atomic mass is 9.96. The average molecular weight is 298 g/mol. The molecule has 0 unspecified atom stereocenters. The van der Waals surface area contributed by atoms with Crippen LogP contribution in [0, 0.1) is 0 Å². The van der Waals surface area contributed by atoms with Gasteiger partial charge in [0.15, 0.2) is 5.78 Å². The molecule has 0 saturated heterocycles. The quantitative estimate of drug-likeness (QED) is 0.585. The molecule has 0 aliphatic rings. The van der Waals surface area contributed by atoms with Gasteiger partial charge in [0.05, 0.1) is 0 Å². The predicted octanol–water partition coefficient (Wildman–Crippen LogP) is 3.06. The molecule has 0 aliphatic carbocycles. The highest BCUT2D eigenvalue weighted by Gasteiger charge is 2.16. The van der Waals surface area contributed by atoms with Crippen LogP contribution in [0.25, 0.3) is 11.1 Å². The largest absolute Gasteiger partial charge is 0.507 e. The van der Waals surface area contributed by atoms with Gasteiger partial charge in [-0.1, -0.05) is 12.1 Å². The number of rotatable bonds is 5. The molecule has 0 amide bonds. The van der Waals surface area contributed by atoms with Gasteiger partial charge < -0.3 is 15.3 Å². The first-order chi connectivity index (χ1) is 10.4. The van der Waals surface area contributed by atoms with Gasteiger partial charge in [0.1, 0.15) is 17.6 Å². The molecular formula is C18H18O4. The smallest absolute Gasteiger partial charge is 0.190 e. The highest BCUT2D eigenvalue weighted by molar-refractivity contribution is 6.00. The van der Waals surface area contributed by atoms with Gasteiger partial charge in [-0.25, -0.2) is 0 Å². The number of phenolic OH excluding ortho intramolecular Hbond substituents is 2. The number of phenols is 2. The number of carbonyl (C=O) groups is 1. The molecule has 0 radical (unpaired) electrons. The summed E-state index contributed by atoms with van der Waals surface area (Å²) in [6, 6.07) is 9.34. The van der Waals surface area contributed by atoms with Gasteiger partial charge in [0.25, 0.3) is 0 Å². The Balaban J connectivity index is 2.56. The van der Waals surface area contributed by atoms with Gasteiger partial charge in [-0.2, -0.15) is 0 Å². The number of ketones is 1. The molecular weight excluding hydrogens is 280 g/mol. The molecule has 0 spiro atoms. The summed E-state index contributed by atoms with van der Waals surface area (Å²) in [4.78, 5) is 11.9. The summed E-state index contributed by atoms with van der Waals surface area (Å²) in [6.45, 7) is 5.06. The minimum Gasteiger partial charge on any atom is -0.507 e. The Morgan fingerprint density at radius 2 is 1.73 bits per heavy atom. The van der Waals surface area contributed by atoms with Crippen molar-refractivity contribution in [2.75, 3.05) is 0 Å². The number of benzene rings is 2. The molecule has 2 rings (SSSR count). The molecule has 0 aliphatic heterocycles. The number of hydrogen-bond donors (Lipinski definition) is 3. The third-order valence-electron chi connectivity index (χ3n) is 3.39. The summed E-state index contributed by atoms with van der Waals surface area (Å²) in [7, 11) is 0. The topological polar surface area (TPSA) is 77.8 Å². The Morgan fingerprint density at radius 3 is 2.32 bits per heavy atom. The molecule has 0 saturated carbocycles. The minimum atomic E-state index is -1.13. The van der Waals surface area contributed by atoms with Crippen molar-refractivity contribution in [1.29, 1.82) is 0 Å². The summed E-state index contributed by atoms with van der Waals surface area (Å²) >= 11 is 0. The number of allylic oxidation sites excluding steroid dienone is 1. The van der Waals surface area contributed by atoms with Gasteiger partial charge >= 0.3 is 0 Å². The zero-order chi connectivity index (χ0) is 16.3. The highest BCUT2D eigenvalue weighted by atomic mass is 16.3. The lowest BCUT2D eigenvalue weighted by Gasteiger charge is -2.11. The first-order valence-corrected chi connectivity index (χ1v) is 6.92. The zero-order valence-corrected chi connectivity index (χ0v) is 12.3. The Labute approximate surface area is 129 Å². The van der Waals surface area contributed by atoms with E-state index in [1.165, 1.54) is 31.2 Å². The van der Waals surface area contributed by atoms with E-state index in [1.54, 1.807) is 18.2 Å². The third kappa shape index (κ3) is 3.18. The van der Waals surface area contributed by atoms with Gasteiger partial charge in [0.2, 0.25) is 0 Å². The summed E-state index contributed by atoms with van der Waals surface area (Å²) in [5.74, 6) is -0.485. The number of hydrogen-bond acceptors (Lipinski definition) is 4. The van der Waals surface area contributed by atoms with Crippen LogP contribution >= 0.6 is 0 Å². The van der Waals surface area contributed by atoms with E-state index in [2.05, 4.69) is 6.58 Å². The molecule has 0 aromatic heterocycles. The summed E-state index contributed by atoms with van der Waals surface area (Å²) in [6.07, 6.45) is 1.24. The number of aliphatic hydroxyl groups excluding tert-OH is 1. The summed E-state index contributed by atoms with van der Waals surface area (Å²) in [5, 5.41) is 29.5. The normalized spacial score (nSPS) is 11.9. The number of aliphatic hydroxyl groups is 1. The summed E-state index contributed by atoms with van der Waals surface area (Å²) < 4.78 is 0. The van der Waals surface area contributed by atoms with Crippen molar-refractivity contribution in [3.05, 3.63) is 60.2 Å². The second-order valence-corrected chi connectivity index (χ2v) is 5.12. The second-order valence-electron chi connectivity index (χ2n) is 5.12. The van der Waals surface area contributed by atoms with E-state index < -0.39 is 11.9 Å². The van der Waals surface area contributed by atoms with Gasteiger partial charge in [-0.05, 0) is 49.2 Å². The van der Waals surface area contributed by atoms with Crippen molar-refractivity contribution in [1.82, 2.24) is 0 Å². The van der Waals surface area contributed by atoms with Crippen molar-refractivity contribution in [2.24, 2.45) is 0 Å². The van der Waals surface area contributed by atoms with E-state index in [9.17, 15) is 20.1 Å². The highest BCUT2D eigenvalue weighted by Crippen LogP contribution is 2.36. The molecule has 1 atom stereocenters. The average Bonchev–Trinajstić information content (AvgIpc) is 2.49. The Morgan fingerprint density at radius 1 is 1.14 bits per heavy atom. The van der Waals surface area contributed by atoms with E-state index >= 15 is 0 Å². The van der Waals surface area contributed by atoms with Gasteiger partial charge in [-0.15, -0.1) is 6.58 Å². The molecule has 0 bridgehead atoms. The lowest BCUT2D eigenvalue weighted by Crippen LogP contribution is -2.15. The fourth-order valence-electron chi connectivity index (χ4n) is 2.24. The zero-order valence-electron chi connectivity index (χ0n) is 12.3. The predicted molar refractivity (Wildman–Crippen MR) is 85.1 cm³/mol. The van der Waals surface area contributed by atoms with E-state index in [-0.39, 0.29) is 17.1 Å². The molecule has 3 N–H and O–H groups in total. The van der Waals surface area contributed by atoms with E-state index in [0.717, 1.165) is 5.56 Å². The van der Waals surface area contributed by atoms with Crippen LogP contribution in [0.4, 0.5) is 0 Å². The molecule has 2 aromatic rings. The van der Waals surface area contributed by atoms with Gasteiger partial charge in [0, 0.05) is 16.7 Å². The summed E-state index contributed by atoms with van der Waals surface area (Å²) in [5.41, 5.74) is 1.97. The van der Waals surface area contributed by atoms with Crippen LogP contribution < -0.4 is 0 Å². The molecule has 2 aromatic carbocycles. The SMILES string of the molecule is C=CCc1ccc(O)c(-c2cc(C(=O)[C@@H](C)O)ccc2O)c1. The van der Waals surface area contributed by atoms with Crippen molar-refractivity contribution in [2.45, 2.75) is 19.4 Å². The monoisotopic (exact) mass is 298 g/mol. The van der Waals surface area contributed by atoms with Crippen LogP contribution in [0.15, 0.2) is 49.1 Å². The second kappa shape index (κ2) is 6.45. The van der Waals surface area contributed by atoms with Crippen LogP contribution in [0.2, 0.25) is 0 Å². The first-order valence-electron chi connectivity index (χ1n) is 6.92. The minimum absolute atomic E-state index is 0.00441. The Hall–Kier alpha value is -2.59. The maximum atomic E-state index is 11.9. The van der Waals surface area contributed by atoms with Crippen LogP contribution in [-0.4, -0.2) is 27.2 Å². The van der Waals surface area contributed by atoms with Crippen molar-refractivity contribution in [3.8, 4) is 22.6 Å². The molecule has 114 valence electrons. The first kappa shape index (κ1) is 15.8. The number of aromatic hydroxyl groups is 2. The lowest BCUT2D eigenvalue weighted by molar-refractivity contribution is 0.0779. The maximum Gasteiger partial charge on any atom is 0.190 e. The van der Waals surface area contributed by atoms with Crippen LogP contribution in [0.3, 0.4) is 0 Å². The van der Waals surface area contributed by atoms with Crippen molar-refractivity contribution >= 4 is 5.78 Å².